The van der Waals surface area contributed by atoms with Crippen molar-refractivity contribution >= 4 is 52.5 Å². The number of amides is 1. The van der Waals surface area contributed by atoms with Gasteiger partial charge in [0.25, 0.3) is 5.91 Å². The number of hydrogen-bond donors (Lipinski definition) is 5. The molecule has 15 heteroatoms. The maximum Gasteiger partial charge on any atom is 0.262 e. The van der Waals surface area contributed by atoms with Crippen LogP contribution in [0.5, 0.6) is 0 Å². The van der Waals surface area contributed by atoms with E-state index in [-0.39, 0.29) is 46.5 Å². The molecule has 5 rings (SSSR count). The summed E-state index contributed by atoms with van der Waals surface area (Å²) < 4.78 is 14.5. The zero-order chi connectivity index (χ0) is 30.7. The smallest absolute Gasteiger partial charge is 0.262 e. The van der Waals surface area contributed by atoms with E-state index in [9.17, 15) is 14.1 Å². The molecule has 9 N–H and O–H groups in total. The van der Waals surface area contributed by atoms with E-state index in [0.717, 1.165) is 0 Å². The van der Waals surface area contributed by atoms with Gasteiger partial charge in [0.05, 0.1) is 12.1 Å². The SMILES string of the molecule is N[C@@H]1C[C@H](N)CN(c2nc(Nc3ccc(C(=O)CC(=O)N(F)c4ccc(Cl)cc4)cc3)nc(N3C[C@H](N)C[C@H](N)C3)n2)C1. The highest BCUT2D eigenvalue weighted by molar-refractivity contribution is 6.30. The van der Waals surface area contributed by atoms with E-state index >= 15 is 0 Å². The molecule has 0 unspecified atom stereocenters. The van der Waals surface area contributed by atoms with Crippen LogP contribution in [0.3, 0.4) is 0 Å². The molecule has 2 aromatic carbocycles. The van der Waals surface area contributed by atoms with Crippen molar-refractivity contribution in [3.05, 3.63) is 59.1 Å². The first-order chi connectivity index (χ1) is 20.5. The summed E-state index contributed by atoms with van der Waals surface area (Å²) in [4.78, 5) is 42.9. The molecule has 0 saturated carbocycles. The summed E-state index contributed by atoms with van der Waals surface area (Å²) in [6.45, 7) is 2.16. The van der Waals surface area contributed by atoms with Crippen molar-refractivity contribution in [3.63, 3.8) is 0 Å². The van der Waals surface area contributed by atoms with Crippen molar-refractivity contribution in [1.82, 2.24) is 15.0 Å². The lowest BCUT2D eigenvalue weighted by atomic mass is 10.0. The lowest BCUT2D eigenvalue weighted by molar-refractivity contribution is -0.120. The van der Waals surface area contributed by atoms with Gasteiger partial charge >= 0.3 is 0 Å². The molecule has 0 aliphatic carbocycles. The van der Waals surface area contributed by atoms with Crippen LogP contribution in [-0.4, -0.2) is 77.0 Å². The van der Waals surface area contributed by atoms with E-state index in [1.165, 1.54) is 36.4 Å². The van der Waals surface area contributed by atoms with Crippen LogP contribution in [0.25, 0.3) is 0 Å². The molecule has 13 nitrogen and oxygen atoms in total. The number of anilines is 5. The zero-order valence-electron chi connectivity index (χ0n) is 23.4. The highest BCUT2D eigenvalue weighted by atomic mass is 35.5. The number of nitrogens with two attached hydrogens (primary N) is 4. The number of nitrogens with one attached hydrogen (secondary N) is 1. The number of aromatic nitrogens is 3. The Labute approximate surface area is 253 Å². The zero-order valence-corrected chi connectivity index (χ0v) is 24.2. The van der Waals surface area contributed by atoms with Crippen LogP contribution in [0.15, 0.2) is 48.5 Å². The summed E-state index contributed by atoms with van der Waals surface area (Å²) in [5.74, 6) is -0.409. The Hall–Kier alpha value is -3.95. The molecule has 3 heterocycles. The first-order valence-corrected chi connectivity index (χ1v) is 14.3. The number of rotatable bonds is 8. The van der Waals surface area contributed by atoms with Gasteiger partial charge in [-0.1, -0.05) is 16.1 Å². The van der Waals surface area contributed by atoms with Gasteiger partial charge in [-0.25, -0.2) is 0 Å². The van der Waals surface area contributed by atoms with Crippen LogP contribution < -0.4 is 43.2 Å². The molecule has 2 aliphatic heterocycles. The molecule has 2 aliphatic rings. The molecule has 0 spiro atoms. The van der Waals surface area contributed by atoms with Crippen LogP contribution in [-0.2, 0) is 4.79 Å². The van der Waals surface area contributed by atoms with E-state index in [2.05, 4.69) is 15.3 Å². The fourth-order valence-corrected chi connectivity index (χ4v) is 5.40. The molecule has 43 heavy (non-hydrogen) atoms. The molecular weight excluding hydrogens is 577 g/mol. The second-order valence-corrected chi connectivity index (χ2v) is 11.5. The topological polar surface area (TPSA) is 199 Å². The Balaban J connectivity index is 1.31. The highest BCUT2D eigenvalue weighted by Gasteiger charge is 2.29. The Morgan fingerprint density at radius 1 is 0.814 bits per heavy atom. The maximum absolute atomic E-state index is 14.5. The van der Waals surface area contributed by atoms with Gasteiger partial charge in [0.2, 0.25) is 17.8 Å². The summed E-state index contributed by atoms with van der Waals surface area (Å²) in [7, 11) is 0. The number of ketones is 1. The molecule has 1 amide bonds. The first-order valence-electron chi connectivity index (χ1n) is 14.0. The van der Waals surface area contributed by atoms with Crippen molar-refractivity contribution < 1.29 is 14.1 Å². The predicted octanol–water partition coefficient (Wildman–Crippen LogP) is 1.49. The summed E-state index contributed by atoms with van der Waals surface area (Å²) in [6.07, 6.45) is 0.763. The van der Waals surface area contributed by atoms with Crippen LogP contribution in [0.2, 0.25) is 5.02 Å². The molecule has 3 aromatic rings. The number of halogens is 2. The van der Waals surface area contributed by atoms with E-state index in [4.69, 9.17) is 39.5 Å². The highest BCUT2D eigenvalue weighted by Crippen LogP contribution is 2.25. The standard InChI is InChI=1S/C28H35ClFN11O2/c29-17-3-7-23(8-4-17)41(30)25(43)11-24(42)16-1-5-22(6-2-16)35-26-36-27(39-12-18(31)9-19(32)13-39)38-28(37-26)40-14-20(33)10-21(34)15-40/h1-8,18-21H,9-15,31-34H2,(H,35,36,37,38)/t18-,19+,20-,21+. The van der Waals surface area contributed by atoms with Crippen molar-refractivity contribution in [3.8, 4) is 0 Å². The van der Waals surface area contributed by atoms with Crippen molar-refractivity contribution in [1.29, 1.82) is 0 Å². The quantitative estimate of drug-likeness (QED) is 0.140. The van der Waals surface area contributed by atoms with Crippen LogP contribution in [0.1, 0.15) is 29.6 Å². The first kappa shape index (κ1) is 30.5. The van der Waals surface area contributed by atoms with Crippen molar-refractivity contribution in [2.45, 2.75) is 43.4 Å². The third kappa shape index (κ3) is 7.72. The average molecular weight is 612 g/mol. The Morgan fingerprint density at radius 3 is 1.79 bits per heavy atom. The van der Waals surface area contributed by atoms with Gasteiger partial charge < -0.3 is 38.1 Å². The molecule has 4 atom stereocenters. The Morgan fingerprint density at radius 2 is 1.30 bits per heavy atom. The monoisotopic (exact) mass is 611 g/mol. The average Bonchev–Trinajstić information content (AvgIpc) is 2.96. The fourth-order valence-electron chi connectivity index (χ4n) is 5.27. The minimum absolute atomic E-state index is 0.0140. The Kier molecular flexibility index (Phi) is 9.32. The lowest BCUT2D eigenvalue weighted by Crippen LogP contribution is -2.54. The Bertz CT molecular complexity index is 1380. The van der Waals surface area contributed by atoms with Crippen molar-refractivity contribution in [2.75, 3.05) is 46.4 Å². The third-order valence-corrected chi connectivity index (χ3v) is 7.51. The molecule has 0 radical (unpaired) electrons. The number of hydrogen-bond acceptors (Lipinski definition) is 12. The van der Waals surface area contributed by atoms with Gasteiger partial charge in [-0.15, -0.1) is 5.12 Å². The fraction of sp³-hybridized carbons (Fsp3) is 0.393. The summed E-state index contributed by atoms with van der Waals surface area (Å²) >= 11 is 5.81. The van der Waals surface area contributed by atoms with E-state index in [1.54, 1.807) is 12.1 Å². The molecular formula is C28H35ClFN11O2. The summed E-state index contributed by atoms with van der Waals surface area (Å²) in [5.41, 5.74) is 25.7. The van der Waals surface area contributed by atoms with Gasteiger partial charge in [0.1, 0.15) is 0 Å². The minimum atomic E-state index is -0.992. The van der Waals surface area contributed by atoms with Crippen LogP contribution in [0.4, 0.5) is 33.7 Å². The van der Waals surface area contributed by atoms with Gasteiger partial charge in [-0.05, 0) is 61.4 Å². The van der Waals surface area contributed by atoms with Crippen LogP contribution >= 0.6 is 11.6 Å². The lowest BCUT2D eigenvalue weighted by Gasteiger charge is -2.37. The number of piperidine rings is 2. The largest absolute Gasteiger partial charge is 0.338 e. The number of nitrogens with zero attached hydrogens (tertiary/aromatic N) is 6. The van der Waals surface area contributed by atoms with Crippen molar-refractivity contribution in [2.24, 2.45) is 22.9 Å². The van der Waals surface area contributed by atoms with Gasteiger partial charge in [0, 0.05) is 66.6 Å². The number of carbonyl (C=O) groups excluding carboxylic acids is 2. The van der Waals surface area contributed by atoms with Crippen LogP contribution in [0, 0.1) is 0 Å². The molecule has 2 fully saturated rings. The van der Waals surface area contributed by atoms with E-state index < -0.39 is 18.1 Å². The van der Waals surface area contributed by atoms with E-state index in [1.807, 2.05) is 9.80 Å². The molecule has 2 saturated heterocycles. The second kappa shape index (κ2) is 13.1. The maximum atomic E-state index is 14.5. The molecule has 1 aromatic heterocycles. The predicted molar refractivity (Wildman–Crippen MR) is 164 cm³/mol. The molecule has 228 valence electrons. The third-order valence-electron chi connectivity index (χ3n) is 7.26. The number of benzene rings is 2. The normalized spacial score (nSPS) is 22.3. The second-order valence-electron chi connectivity index (χ2n) is 11.0. The molecule has 0 bridgehead atoms. The van der Waals surface area contributed by atoms with Gasteiger partial charge in [-0.2, -0.15) is 15.0 Å². The van der Waals surface area contributed by atoms with Gasteiger partial charge in [-0.3, -0.25) is 9.59 Å². The minimum Gasteiger partial charge on any atom is -0.338 e. The summed E-state index contributed by atoms with van der Waals surface area (Å²) in [5, 5.41) is 3.50. The number of carbonyl (C=O) groups is 2. The van der Waals surface area contributed by atoms with Gasteiger partial charge in [0.15, 0.2) is 5.78 Å². The van der Waals surface area contributed by atoms with E-state index in [0.29, 0.717) is 61.6 Å². The summed E-state index contributed by atoms with van der Waals surface area (Å²) in [6, 6.07) is 11.5. The number of Topliss-reactive ketones (excluding diaryl/α,β-unsaturated/α-hetero) is 1.